The molecule has 1 aromatic carbocycles. The molecule has 2 aliphatic heterocycles. The predicted molar refractivity (Wildman–Crippen MR) is 81.0 cm³/mol. The summed E-state index contributed by atoms with van der Waals surface area (Å²) in [6, 6.07) is 3.98. The summed E-state index contributed by atoms with van der Waals surface area (Å²) < 4.78 is 10.8. The molecular weight excluding hydrogens is 292 g/mol. The topological polar surface area (TPSA) is 45.2 Å². The monoisotopic (exact) mass is 312 g/mol. The summed E-state index contributed by atoms with van der Waals surface area (Å²) in [6.45, 7) is 6.24. The number of hydrogen-bond acceptors (Lipinski definition) is 5. The first-order chi connectivity index (χ1) is 10.3. The van der Waals surface area contributed by atoms with Gasteiger partial charge < -0.3 is 14.6 Å². The highest BCUT2D eigenvalue weighted by Crippen LogP contribution is 2.40. The van der Waals surface area contributed by atoms with Crippen LogP contribution >= 0.6 is 11.6 Å². The molecule has 3 rings (SSSR count). The van der Waals surface area contributed by atoms with Crippen LogP contribution in [-0.4, -0.2) is 61.0 Å². The number of benzene rings is 1. The average molecular weight is 313 g/mol. The fourth-order valence-corrected chi connectivity index (χ4v) is 3.21. The Morgan fingerprint density at radius 1 is 1.10 bits per heavy atom. The van der Waals surface area contributed by atoms with Crippen molar-refractivity contribution in [3.63, 3.8) is 0 Å². The zero-order valence-electron chi connectivity index (χ0n) is 12.1. The van der Waals surface area contributed by atoms with E-state index < -0.39 is 0 Å². The molecule has 1 saturated heterocycles. The number of ether oxygens (including phenoxy) is 2. The molecule has 0 saturated carbocycles. The van der Waals surface area contributed by atoms with Crippen LogP contribution in [0.2, 0.25) is 5.02 Å². The van der Waals surface area contributed by atoms with Crippen molar-refractivity contribution in [2.75, 3.05) is 46.1 Å². The van der Waals surface area contributed by atoms with Crippen LogP contribution in [0, 0.1) is 0 Å². The van der Waals surface area contributed by atoms with Gasteiger partial charge in [-0.25, -0.2) is 0 Å². The van der Waals surface area contributed by atoms with Gasteiger partial charge in [0, 0.05) is 26.2 Å². The number of halogens is 1. The number of hydrogen-bond donors (Lipinski definition) is 1. The predicted octanol–water partition coefficient (Wildman–Crippen LogP) is 1.57. The van der Waals surface area contributed by atoms with Crippen LogP contribution in [0.3, 0.4) is 0 Å². The van der Waals surface area contributed by atoms with E-state index >= 15 is 0 Å². The van der Waals surface area contributed by atoms with Gasteiger partial charge >= 0.3 is 0 Å². The van der Waals surface area contributed by atoms with E-state index in [4.69, 9.17) is 26.2 Å². The van der Waals surface area contributed by atoms with Gasteiger partial charge in [-0.2, -0.15) is 0 Å². The van der Waals surface area contributed by atoms with Gasteiger partial charge in [-0.15, -0.1) is 0 Å². The largest absolute Gasteiger partial charge is 0.454 e. The molecule has 0 bridgehead atoms. The van der Waals surface area contributed by atoms with Crippen molar-refractivity contribution < 1.29 is 14.6 Å². The molecule has 5 nitrogen and oxygen atoms in total. The van der Waals surface area contributed by atoms with Gasteiger partial charge in [-0.1, -0.05) is 11.6 Å². The maximum atomic E-state index is 9.04. The van der Waals surface area contributed by atoms with E-state index in [9.17, 15) is 0 Å². The zero-order chi connectivity index (χ0) is 14.7. The first-order valence-electron chi connectivity index (χ1n) is 7.40. The van der Waals surface area contributed by atoms with Gasteiger partial charge in [0.2, 0.25) is 6.79 Å². The molecule has 21 heavy (non-hydrogen) atoms. The molecule has 0 spiro atoms. The third kappa shape index (κ3) is 3.61. The number of fused-ring (bicyclic) bond motifs is 1. The lowest BCUT2D eigenvalue weighted by atomic mass is 10.2. The van der Waals surface area contributed by atoms with Crippen molar-refractivity contribution in [2.45, 2.75) is 13.0 Å². The van der Waals surface area contributed by atoms with Gasteiger partial charge in [0.25, 0.3) is 0 Å². The van der Waals surface area contributed by atoms with Crippen LogP contribution in [0.4, 0.5) is 0 Å². The summed E-state index contributed by atoms with van der Waals surface area (Å²) in [4.78, 5) is 4.73. The van der Waals surface area contributed by atoms with E-state index in [2.05, 4.69) is 9.80 Å². The summed E-state index contributed by atoms with van der Waals surface area (Å²) in [6.07, 6.45) is 1.12. The maximum absolute atomic E-state index is 9.04. The van der Waals surface area contributed by atoms with Gasteiger partial charge in [0.05, 0.1) is 11.6 Å². The lowest BCUT2D eigenvalue weighted by Gasteiger charge is -2.21. The van der Waals surface area contributed by atoms with E-state index in [1.807, 2.05) is 12.1 Å². The minimum atomic E-state index is 0.234. The Hall–Kier alpha value is -1.01. The highest BCUT2D eigenvalue weighted by molar-refractivity contribution is 6.32. The van der Waals surface area contributed by atoms with Gasteiger partial charge in [-0.3, -0.25) is 9.80 Å². The van der Waals surface area contributed by atoms with Gasteiger partial charge in [0.15, 0.2) is 11.5 Å². The van der Waals surface area contributed by atoms with Gasteiger partial charge in [0.1, 0.15) is 0 Å². The minimum absolute atomic E-state index is 0.234. The second-order valence-corrected chi connectivity index (χ2v) is 5.91. The molecule has 0 atom stereocenters. The summed E-state index contributed by atoms with van der Waals surface area (Å²) in [7, 11) is 0. The molecule has 0 radical (unpaired) electrons. The van der Waals surface area contributed by atoms with E-state index in [0.717, 1.165) is 57.0 Å². The Morgan fingerprint density at radius 2 is 1.90 bits per heavy atom. The average Bonchev–Trinajstić information content (AvgIpc) is 2.83. The normalized spacial score (nSPS) is 19.7. The van der Waals surface area contributed by atoms with E-state index in [0.29, 0.717) is 10.8 Å². The van der Waals surface area contributed by atoms with Crippen LogP contribution in [0.25, 0.3) is 0 Å². The first-order valence-corrected chi connectivity index (χ1v) is 7.77. The molecule has 2 aliphatic rings. The molecular formula is C15H21ClN2O3. The smallest absolute Gasteiger partial charge is 0.231 e. The van der Waals surface area contributed by atoms with Crippen molar-refractivity contribution in [1.29, 1.82) is 0 Å². The van der Waals surface area contributed by atoms with Crippen molar-refractivity contribution >= 4 is 11.6 Å². The van der Waals surface area contributed by atoms with Crippen molar-refractivity contribution in [3.8, 4) is 11.5 Å². The van der Waals surface area contributed by atoms with Crippen LogP contribution in [-0.2, 0) is 6.54 Å². The Balaban J connectivity index is 1.63. The second-order valence-electron chi connectivity index (χ2n) is 5.51. The Morgan fingerprint density at radius 3 is 2.76 bits per heavy atom. The SMILES string of the molecule is OCCN1CCCN(Cc2cc(Cl)c3c(c2)OCO3)CC1. The molecule has 1 fully saturated rings. The number of aliphatic hydroxyl groups is 1. The van der Waals surface area contributed by atoms with Crippen LogP contribution < -0.4 is 9.47 Å². The fourth-order valence-electron chi connectivity index (χ4n) is 2.92. The molecule has 0 aliphatic carbocycles. The molecule has 2 heterocycles. The lowest BCUT2D eigenvalue weighted by Crippen LogP contribution is -2.32. The van der Waals surface area contributed by atoms with Crippen LogP contribution in [0.15, 0.2) is 12.1 Å². The first kappa shape index (κ1) is 14.9. The van der Waals surface area contributed by atoms with Crippen molar-refractivity contribution in [1.82, 2.24) is 9.80 Å². The lowest BCUT2D eigenvalue weighted by molar-refractivity contribution is 0.174. The highest BCUT2D eigenvalue weighted by atomic mass is 35.5. The molecule has 0 aromatic heterocycles. The van der Waals surface area contributed by atoms with Crippen molar-refractivity contribution in [2.24, 2.45) is 0 Å². The minimum Gasteiger partial charge on any atom is -0.454 e. The standard InChI is InChI=1S/C15H21ClN2O3/c16-13-8-12(9-14-15(13)21-11-20-14)10-18-3-1-2-17(4-5-18)6-7-19/h8-9,19H,1-7,10-11H2. The second kappa shape index (κ2) is 6.83. The summed E-state index contributed by atoms with van der Waals surface area (Å²) in [5.41, 5.74) is 1.15. The third-order valence-corrected chi connectivity index (χ3v) is 4.27. The summed E-state index contributed by atoms with van der Waals surface area (Å²) >= 11 is 6.23. The Bertz CT molecular complexity index is 498. The molecule has 1 N–H and O–H groups in total. The maximum Gasteiger partial charge on any atom is 0.231 e. The van der Waals surface area contributed by atoms with Crippen LogP contribution in [0.1, 0.15) is 12.0 Å². The Kier molecular flexibility index (Phi) is 4.85. The highest BCUT2D eigenvalue weighted by Gasteiger charge is 2.20. The quantitative estimate of drug-likeness (QED) is 0.914. The van der Waals surface area contributed by atoms with E-state index in [1.54, 1.807) is 0 Å². The molecule has 1 aromatic rings. The number of nitrogens with zero attached hydrogens (tertiary/aromatic N) is 2. The molecule has 0 amide bonds. The number of aliphatic hydroxyl groups excluding tert-OH is 1. The van der Waals surface area contributed by atoms with Crippen molar-refractivity contribution in [3.05, 3.63) is 22.7 Å². The molecule has 0 unspecified atom stereocenters. The Labute approximate surface area is 130 Å². The zero-order valence-corrected chi connectivity index (χ0v) is 12.8. The van der Waals surface area contributed by atoms with Gasteiger partial charge in [-0.05, 0) is 37.2 Å². The summed E-state index contributed by atoms with van der Waals surface area (Å²) in [5.74, 6) is 1.40. The molecule has 116 valence electrons. The number of rotatable bonds is 4. The van der Waals surface area contributed by atoms with Crippen LogP contribution in [0.5, 0.6) is 11.5 Å². The number of β-amino-alcohol motifs (C(OH)–C–C–N with tert-alkyl or cyclic N) is 1. The summed E-state index contributed by atoms with van der Waals surface area (Å²) in [5, 5.41) is 9.66. The molecule has 6 heteroatoms. The van der Waals surface area contributed by atoms with E-state index in [-0.39, 0.29) is 13.4 Å². The fraction of sp³-hybridized carbons (Fsp3) is 0.600. The third-order valence-electron chi connectivity index (χ3n) is 3.99. The van der Waals surface area contributed by atoms with E-state index in [1.165, 1.54) is 0 Å².